The molecule has 1 aromatic carbocycles. The molecule has 0 radical (unpaired) electrons. The topological polar surface area (TPSA) is 88.3 Å². The van der Waals surface area contributed by atoms with Crippen LogP contribution in [0.5, 0.6) is 0 Å². The number of piperidine rings is 1. The van der Waals surface area contributed by atoms with Crippen molar-refractivity contribution in [3.8, 4) is 11.4 Å². The Bertz CT molecular complexity index is 791. The van der Waals surface area contributed by atoms with E-state index < -0.39 is 0 Å². The van der Waals surface area contributed by atoms with Crippen molar-refractivity contribution in [2.24, 2.45) is 5.92 Å². The van der Waals surface area contributed by atoms with Crippen LogP contribution >= 0.6 is 11.6 Å². The first kappa shape index (κ1) is 19.4. The molecule has 2 aromatic rings. The predicted molar refractivity (Wildman–Crippen MR) is 101 cm³/mol. The summed E-state index contributed by atoms with van der Waals surface area (Å²) in [6, 6.07) is 7.16. The Morgan fingerprint density at radius 3 is 2.85 bits per heavy atom. The molecule has 0 unspecified atom stereocenters. The van der Waals surface area contributed by atoms with E-state index in [9.17, 15) is 9.59 Å². The summed E-state index contributed by atoms with van der Waals surface area (Å²) >= 11 is 5.88. The summed E-state index contributed by atoms with van der Waals surface area (Å²) in [5.74, 6) is 0.811. The van der Waals surface area contributed by atoms with Crippen molar-refractivity contribution >= 4 is 23.4 Å². The van der Waals surface area contributed by atoms with Gasteiger partial charge < -0.3 is 14.7 Å². The molecular formula is C19H23ClN4O3. The lowest BCUT2D eigenvalue weighted by atomic mass is 9.96. The number of likely N-dealkylation sites (tertiary alicyclic amines) is 1. The molecule has 0 spiro atoms. The van der Waals surface area contributed by atoms with E-state index in [0.717, 1.165) is 18.4 Å². The van der Waals surface area contributed by atoms with Gasteiger partial charge in [0.25, 0.3) is 0 Å². The first-order valence-electron chi connectivity index (χ1n) is 9.21. The monoisotopic (exact) mass is 390 g/mol. The van der Waals surface area contributed by atoms with Gasteiger partial charge >= 0.3 is 0 Å². The smallest absolute Gasteiger partial charge is 0.227 e. The van der Waals surface area contributed by atoms with Gasteiger partial charge in [0, 0.05) is 43.1 Å². The quantitative estimate of drug-likeness (QED) is 0.819. The van der Waals surface area contributed by atoms with E-state index >= 15 is 0 Å². The second kappa shape index (κ2) is 8.99. The highest BCUT2D eigenvalue weighted by Gasteiger charge is 2.28. The summed E-state index contributed by atoms with van der Waals surface area (Å²) in [5, 5.41) is 7.43. The summed E-state index contributed by atoms with van der Waals surface area (Å²) in [6.45, 7) is 3.67. The minimum Gasteiger partial charge on any atom is -0.356 e. The highest BCUT2D eigenvalue weighted by Crippen LogP contribution is 2.20. The van der Waals surface area contributed by atoms with E-state index in [2.05, 4.69) is 15.5 Å². The molecule has 1 aliphatic rings. The van der Waals surface area contributed by atoms with Crippen LogP contribution in [0.1, 0.15) is 32.1 Å². The van der Waals surface area contributed by atoms with Crippen LogP contribution in [0.2, 0.25) is 5.02 Å². The number of aryl methyl sites for hydroxylation is 1. The van der Waals surface area contributed by atoms with Gasteiger partial charge in [0.1, 0.15) is 0 Å². The molecule has 0 aliphatic carbocycles. The number of carbonyl (C=O) groups excluding carboxylic acids is 2. The van der Waals surface area contributed by atoms with E-state index in [1.54, 1.807) is 17.0 Å². The van der Waals surface area contributed by atoms with Crippen molar-refractivity contribution in [2.75, 3.05) is 19.6 Å². The second-order valence-corrected chi connectivity index (χ2v) is 7.03. The van der Waals surface area contributed by atoms with Gasteiger partial charge in [-0.05, 0) is 44.0 Å². The highest BCUT2D eigenvalue weighted by molar-refractivity contribution is 6.30. The third-order valence-corrected chi connectivity index (χ3v) is 4.87. The molecule has 7 nitrogen and oxygen atoms in total. The van der Waals surface area contributed by atoms with Crippen molar-refractivity contribution in [3.05, 3.63) is 35.2 Å². The molecule has 27 heavy (non-hydrogen) atoms. The zero-order valence-electron chi connectivity index (χ0n) is 15.3. The van der Waals surface area contributed by atoms with Gasteiger partial charge in [-0.15, -0.1) is 0 Å². The van der Waals surface area contributed by atoms with Crippen LogP contribution in [0.3, 0.4) is 0 Å². The van der Waals surface area contributed by atoms with Gasteiger partial charge in [-0.2, -0.15) is 4.98 Å². The number of amides is 2. The van der Waals surface area contributed by atoms with Crippen LogP contribution in [0, 0.1) is 5.92 Å². The van der Waals surface area contributed by atoms with Crippen LogP contribution in [-0.2, 0) is 16.0 Å². The van der Waals surface area contributed by atoms with Crippen LogP contribution in [0.25, 0.3) is 11.4 Å². The van der Waals surface area contributed by atoms with Gasteiger partial charge in [0.2, 0.25) is 23.5 Å². The number of rotatable bonds is 6. The summed E-state index contributed by atoms with van der Waals surface area (Å²) in [6.07, 6.45) is 2.32. The maximum Gasteiger partial charge on any atom is 0.227 e. The molecule has 3 rings (SSSR count). The van der Waals surface area contributed by atoms with Crippen LogP contribution in [0.4, 0.5) is 0 Å². The Balaban J connectivity index is 1.53. The minimum atomic E-state index is -0.123. The van der Waals surface area contributed by atoms with Crippen LogP contribution < -0.4 is 5.32 Å². The Morgan fingerprint density at radius 2 is 2.11 bits per heavy atom. The molecule has 2 heterocycles. The maximum atomic E-state index is 12.5. The van der Waals surface area contributed by atoms with E-state index in [-0.39, 0.29) is 24.2 Å². The van der Waals surface area contributed by atoms with Crippen molar-refractivity contribution in [2.45, 2.75) is 32.6 Å². The van der Waals surface area contributed by atoms with E-state index in [4.69, 9.17) is 16.1 Å². The number of aromatic nitrogens is 2. The fraction of sp³-hybridized carbons (Fsp3) is 0.474. The minimum absolute atomic E-state index is 0.00948. The largest absolute Gasteiger partial charge is 0.356 e. The molecular weight excluding hydrogens is 368 g/mol. The fourth-order valence-electron chi connectivity index (χ4n) is 3.18. The normalized spacial score (nSPS) is 17.0. The molecule has 144 valence electrons. The van der Waals surface area contributed by atoms with Crippen molar-refractivity contribution in [3.63, 3.8) is 0 Å². The third-order valence-electron chi connectivity index (χ3n) is 4.62. The Kier molecular flexibility index (Phi) is 6.45. The zero-order chi connectivity index (χ0) is 19.2. The van der Waals surface area contributed by atoms with Crippen LogP contribution in [-0.4, -0.2) is 46.5 Å². The molecule has 1 fully saturated rings. The zero-order valence-corrected chi connectivity index (χ0v) is 16.0. The van der Waals surface area contributed by atoms with E-state index in [1.807, 2.05) is 19.1 Å². The van der Waals surface area contributed by atoms with Gasteiger partial charge in [-0.1, -0.05) is 16.8 Å². The molecule has 1 atom stereocenters. The Hall–Kier alpha value is -2.41. The molecule has 2 amide bonds. The number of nitrogens with one attached hydrogen (secondary N) is 1. The lowest BCUT2D eigenvalue weighted by molar-refractivity contribution is -0.135. The highest BCUT2D eigenvalue weighted by atomic mass is 35.5. The lowest BCUT2D eigenvalue weighted by Crippen LogP contribution is -2.45. The predicted octanol–water partition coefficient (Wildman–Crippen LogP) is 2.70. The van der Waals surface area contributed by atoms with Gasteiger partial charge in [0.15, 0.2) is 0 Å². The van der Waals surface area contributed by atoms with Gasteiger partial charge in [-0.3, -0.25) is 9.59 Å². The number of halogens is 1. The van der Waals surface area contributed by atoms with Crippen LogP contribution in [0.15, 0.2) is 28.8 Å². The summed E-state index contributed by atoms with van der Waals surface area (Å²) in [5.41, 5.74) is 0.807. The molecule has 8 heteroatoms. The third kappa shape index (κ3) is 5.07. The second-order valence-electron chi connectivity index (χ2n) is 6.59. The van der Waals surface area contributed by atoms with Crippen molar-refractivity contribution in [1.82, 2.24) is 20.4 Å². The number of benzene rings is 1. The molecule has 1 N–H and O–H groups in total. The van der Waals surface area contributed by atoms with Gasteiger partial charge in [0.05, 0.1) is 5.92 Å². The fourth-order valence-corrected chi connectivity index (χ4v) is 3.31. The Morgan fingerprint density at radius 1 is 1.33 bits per heavy atom. The van der Waals surface area contributed by atoms with Crippen molar-refractivity contribution in [1.29, 1.82) is 0 Å². The molecule has 1 aliphatic heterocycles. The van der Waals surface area contributed by atoms with Crippen molar-refractivity contribution < 1.29 is 14.1 Å². The molecule has 0 saturated carbocycles. The SMILES string of the molecule is CCNC(=O)[C@H]1CCCN(C(=O)CCc2nc(-c3ccc(Cl)cc3)no2)C1. The molecule has 0 bridgehead atoms. The average molecular weight is 391 g/mol. The number of hydrogen-bond acceptors (Lipinski definition) is 5. The maximum absolute atomic E-state index is 12.5. The number of nitrogens with zero attached hydrogens (tertiary/aromatic N) is 3. The molecule has 1 aromatic heterocycles. The standard InChI is InChI=1S/C19H23ClN4O3/c1-2-21-19(26)14-4-3-11-24(12-14)17(25)10-9-16-22-18(23-27-16)13-5-7-15(20)8-6-13/h5-8,14H,2-4,9-12H2,1H3,(H,21,26)/t14-/m0/s1. The summed E-state index contributed by atoms with van der Waals surface area (Å²) in [4.78, 5) is 30.6. The molecule has 1 saturated heterocycles. The number of hydrogen-bond donors (Lipinski definition) is 1. The number of carbonyl (C=O) groups is 2. The summed E-state index contributed by atoms with van der Waals surface area (Å²) < 4.78 is 5.25. The Labute approximate surface area is 163 Å². The average Bonchev–Trinajstić information content (AvgIpc) is 3.16. The van der Waals surface area contributed by atoms with E-state index in [1.165, 1.54) is 0 Å². The first-order valence-corrected chi connectivity index (χ1v) is 9.58. The van der Waals surface area contributed by atoms with Gasteiger partial charge in [-0.25, -0.2) is 0 Å². The van der Waals surface area contributed by atoms with E-state index in [0.29, 0.717) is 42.8 Å². The first-order chi connectivity index (χ1) is 13.1. The summed E-state index contributed by atoms with van der Waals surface area (Å²) in [7, 11) is 0. The lowest BCUT2D eigenvalue weighted by Gasteiger charge is -2.32.